The van der Waals surface area contributed by atoms with Gasteiger partial charge in [0.15, 0.2) is 11.7 Å². The Morgan fingerprint density at radius 3 is 2.26 bits per heavy atom. The van der Waals surface area contributed by atoms with E-state index in [0.717, 1.165) is 16.0 Å². The number of carbonyl (C=O) groups excluding carboxylic acids is 3. The van der Waals surface area contributed by atoms with Crippen molar-refractivity contribution in [3.63, 3.8) is 0 Å². The lowest BCUT2D eigenvalue weighted by Crippen LogP contribution is -2.37. The molecule has 1 heterocycles. The molecule has 0 atom stereocenters. The molecule has 0 saturated heterocycles. The minimum absolute atomic E-state index is 0.0315. The fraction of sp³-hybridized carbons (Fsp3) is 0.120. The third-order valence-electron chi connectivity index (χ3n) is 5.35. The number of hydrogen-bond donors (Lipinski definition) is 2. The zero-order valence-electron chi connectivity index (χ0n) is 18.3. The van der Waals surface area contributed by atoms with Crippen LogP contribution in [-0.2, 0) is 4.79 Å². The molecule has 3 aromatic carbocycles. The Kier molecular flexibility index (Phi) is 6.63. The summed E-state index contributed by atoms with van der Waals surface area (Å²) in [5.74, 6) is -0.675. The molecule has 3 aromatic rings. The summed E-state index contributed by atoms with van der Waals surface area (Å²) >= 11 is 11.5. The molecule has 0 aromatic heterocycles. The topological polar surface area (TPSA) is 87.7 Å². The number of fused-ring (bicyclic) bond motifs is 1. The number of nitrogens with zero attached hydrogens (tertiary/aromatic N) is 1. The van der Waals surface area contributed by atoms with Crippen molar-refractivity contribution in [2.45, 2.75) is 13.8 Å². The van der Waals surface area contributed by atoms with Crippen molar-refractivity contribution in [1.82, 2.24) is 5.32 Å². The van der Waals surface area contributed by atoms with Crippen LogP contribution in [0.3, 0.4) is 0 Å². The molecule has 2 N–H and O–H groups in total. The van der Waals surface area contributed by atoms with Gasteiger partial charge in [-0.15, -0.1) is 0 Å². The highest BCUT2D eigenvalue weighted by Crippen LogP contribution is 2.32. The molecule has 3 amide bonds. The highest BCUT2D eigenvalue weighted by molar-refractivity contribution is 7.80. The first-order chi connectivity index (χ1) is 16.2. The molecule has 34 heavy (non-hydrogen) atoms. The Balaban J connectivity index is 1.37. The molecule has 0 spiro atoms. The molecule has 1 aliphatic rings. The Morgan fingerprint density at radius 1 is 0.971 bits per heavy atom. The van der Waals surface area contributed by atoms with Crippen molar-refractivity contribution in [3.8, 4) is 5.75 Å². The monoisotopic (exact) mass is 493 g/mol. The maximum absolute atomic E-state index is 12.7. The molecule has 0 fully saturated rings. The van der Waals surface area contributed by atoms with Crippen LogP contribution in [0, 0.1) is 13.8 Å². The lowest BCUT2D eigenvalue weighted by atomic mass is 10.1. The van der Waals surface area contributed by atoms with Gasteiger partial charge in [-0.25, -0.2) is 4.90 Å². The lowest BCUT2D eigenvalue weighted by Gasteiger charge is -2.16. The number of imide groups is 1. The SMILES string of the molecule is Cc1ccc(OCC(=O)NC(=S)Nc2ccc(N3C(=O)c4ccccc4C3=O)cc2Cl)cc1C. The average molecular weight is 494 g/mol. The van der Waals surface area contributed by atoms with Crippen molar-refractivity contribution < 1.29 is 19.1 Å². The van der Waals surface area contributed by atoms with Crippen LogP contribution in [-0.4, -0.2) is 29.4 Å². The van der Waals surface area contributed by atoms with Crippen molar-refractivity contribution in [1.29, 1.82) is 0 Å². The Morgan fingerprint density at radius 2 is 1.65 bits per heavy atom. The third kappa shape index (κ3) is 4.78. The Bertz CT molecular complexity index is 1310. The van der Waals surface area contributed by atoms with Crippen molar-refractivity contribution in [2.24, 2.45) is 0 Å². The van der Waals surface area contributed by atoms with Gasteiger partial charge < -0.3 is 10.1 Å². The van der Waals surface area contributed by atoms with E-state index in [9.17, 15) is 14.4 Å². The molecule has 0 aliphatic carbocycles. The third-order valence-corrected chi connectivity index (χ3v) is 5.87. The van der Waals surface area contributed by atoms with Gasteiger partial charge in [0.05, 0.1) is 27.5 Å². The van der Waals surface area contributed by atoms with E-state index in [1.54, 1.807) is 42.5 Å². The van der Waals surface area contributed by atoms with Crippen LogP contribution in [0.15, 0.2) is 60.7 Å². The number of rotatable bonds is 5. The molecule has 0 unspecified atom stereocenters. The summed E-state index contributed by atoms with van der Waals surface area (Å²) in [6.07, 6.45) is 0. The number of benzene rings is 3. The summed E-state index contributed by atoms with van der Waals surface area (Å²) in [5, 5.41) is 5.61. The summed E-state index contributed by atoms with van der Waals surface area (Å²) in [5.41, 5.74) is 3.62. The van der Waals surface area contributed by atoms with Crippen LogP contribution in [0.5, 0.6) is 5.75 Å². The highest BCUT2D eigenvalue weighted by Gasteiger charge is 2.36. The number of amides is 3. The molecule has 0 bridgehead atoms. The molecule has 4 rings (SSSR count). The molecule has 1 aliphatic heterocycles. The molecule has 0 radical (unpaired) electrons. The zero-order valence-corrected chi connectivity index (χ0v) is 19.9. The quantitative estimate of drug-likeness (QED) is 0.397. The summed E-state index contributed by atoms with van der Waals surface area (Å²) in [7, 11) is 0. The Labute approximate surface area is 206 Å². The van der Waals surface area contributed by atoms with E-state index in [2.05, 4.69) is 10.6 Å². The fourth-order valence-corrected chi connectivity index (χ4v) is 3.88. The van der Waals surface area contributed by atoms with Gasteiger partial charge in [-0.2, -0.15) is 0 Å². The van der Waals surface area contributed by atoms with Gasteiger partial charge >= 0.3 is 0 Å². The maximum atomic E-state index is 12.7. The van der Waals surface area contributed by atoms with E-state index >= 15 is 0 Å². The van der Waals surface area contributed by atoms with Gasteiger partial charge in [0.25, 0.3) is 17.7 Å². The minimum Gasteiger partial charge on any atom is -0.484 e. The summed E-state index contributed by atoms with van der Waals surface area (Å²) in [6.45, 7) is 3.74. The van der Waals surface area contributed by atoms with Gasteiger partial charge in [0.1, 0.15) is 5.75 Å². The number of anilines is 2. The van der Waals surface area contributed by atoms with Gasteiger partial charge in [-0.05, 0) is 79.7 Å². The zero-order chi connectivity index (χ0) is 24.4. The van der Waals surface area contributed by atoms with Crippen molar-refractivity contribution in [2.75, 3.05) is 16.8 Å². The molecule has 7 nitrogen and oxygen atoms in total. The first-order valence-corrected chi connectivity index (χ1v) is 11.1. The van der Waals surface area contributed by atoms with Gasteiger partial charge in [-0.1, -0.05) is 29.8 Å². The highest BCUT2D eigenvalue weighted by atomic mass is 35.5. The van der Waals surface area contributed by atoms with E-state index in [4.69, 9.17) is 28.6 Å². The second-order valence-electron chi connectivity index (χ2n) is 7.69. The van der Waals surface area contributed by atoms with E-state index in [1.807, 2.05) is 26.0 Å². The second kappa shape index (κ2) is 9.62. The van der Waals surface area contributed by atoms with Crippen LogP contribution in [0.25, 0.3) is 0 Å². The summed E-state index contributed by atoms with van der Waals surface area (Å²) in [6, 6.07) is 16.8. The van der Waals surface area contributed by atoms with Crippen LogP contribution in [0.4, 0.5) is 11.4 Å². The van der Waals surface area contributed by atoms with E-state index in [-0.39, 0.29) is 16.7 Å². The number of halogens is 1. The predicted octanol–water partition coefficient (Wildman–Crippen LogP) is 4.65. The first kappa shape index (κ1) is 23.4. The summed E-state index contributed by atoms with van der Waals surface area (Å²) in [4.78, 5) is 38.6. The van der Waals surface area contributed by atoms with Gasteiger partial charge in [-0.3, -0.25) is 19.7 Å². The molecular weight excluding hydrogens is 474 g/mol. The van der Waals surface area contributed by atoms with Crippen LogP contribution < -0.4 is 20.3 Å². The van der Waals surface area contributed by atoms with E-state index in [0.29, 0.717) is 28.3 Å². The van der Waals surface area contributed by atoms with E-state index in [1.165, 1.54) is 6.07 Å². The van der Waals surface area contributed by atoms with Crippen LogP contribution >= 0.6 is 23.8 Å². The number of carbonyl (C=O) groups is 3. The number of ether oxygens (including phenoxy) is 1. The van der Waals surface area contributed by atoms with Crippen LogP contribution in [0.1, 0.15) is 31.8 Å². The number of aryl methyl sites for hydroxylation is 2. The maximum Gasteiger partial charge on any atom is 0.266 e. The normalized spacial score (nSPS) is 12.4. The molecular formula is C25H20ClN3O4S. The van der Waals surface area contributed by atoms with E-state index < -0.39 is 17.7 Å². The Hall–Kier alpha value is -3.75. The number of thiocarbonyl (C=S) groups is 1. The largest absolute Gasteiger partial charge is 0.484 e. The van der Waals surface area contributed by atoms with Crippen LogP contribution in [0.2, 0.25) is 5.02 Å². The molecule has 9 heteroatoms. The van der Waals surface area contributed by atoms with Crippen molar-refractivity contribution in [3.05, 3.63) is 87.9 Å². The number of nitrogens with one attached hydrogen (secondary N) is 2. The second-order valence-corrected chi connectivity index (χ2v) is 8.51. The lowest BCUT2D eigenvalue weighted by molar-refractivity contribution is -0.121. The minimum atomic E-state index is -0.436. The van der Waals surface area contributed by atoms with Gasteiger partial charge in [0.2, 0.25) is 0 Å². The predicted molar refractivity (Wildman–Crippen MR) is 135 cm³/mol. The average Bonchev–Trinajstić information content (AvgIpc) is 3.06. The fourth-order valence-electron chi connectivity index (χ4n) is 3.44. The molecule has 172 valence electrons. The number of hydrogen-bond acceptors (Lipinski definition) is 5. The summed E-state index contributed by atoms with van der Waals surface area (Å²) < 4.78 is 5.50. The van der Waals surface area contributed by atoms with Crippen molar-refractivity contribution >= 4 is 58.0 Å². The smallest absolute Gasteiger partial charge is 0.266 e. The van der Waals surface area contributed by atoms with Gasteiger partial charge in [0, 0.05) is 0 Å². The molecule has 0 saturated carbocycles. The standard InChI is InChI=1S/C25H20ClN3O4S/c1-14-7-9-17(11-15(14)2)33-13-22(30)28-25(34)27-21-10-8-16(12-20(21)26)29-23(31)18-5-3-4-6-19(18)24(29)32/h3-12H,13H2,1-2H3,(H2,27,28,30,34). The first-order valence-electron chi connectivity index (χ1n) is 10.3.